The molecule has 8 heteroatoms. The van der Waals surface area contributed by atoms with Crippen LogP contribution in [-0.2, 0) is 16.0 Å². The molecule has 0 fully saturated rings. The normalized spacial score (nSPS) is 10.5. The van der Waals surface area contributed by atoms with E-state index in [9.17, 15) is 23.7 Å². The van der Waals surface area contributed by atoms with E-state index in [-0.39, 0.29) is 17.7 Å². The number of rotatable bonds is 4. The minimum Gasteiger partial charge on any atom is -0.469 e. The molecule has 0 amide bonds. The van der Waals surface area contributed by atoms with Crippen molar-refractivity contribution in [2.75, 3.05) is 7.11 Å². The number of alkyl halides is 2. The third-order valence-corrected chi connectivity index (χ3v) is 2.24. The van der Waals surface area contributed by atoms with E-state index in [0.29, 0.717) is 0 Å². The van der Waals surface area contributed by atoms with Gasteiger partial charge in [0.2, 0.25) is 0 Å². The van der Waals surface area contributed by atoms with E-state index in [2.05, 4.69) is 9.72 Å². The number of hydrogen-bond acceptors (Lipinski definition) is 5. The molecular weight excluding hydrogens is 250 g/mol. The number of halogens is 2. The second-order valence-corrected chi connectivity index (χ2v) is 3.48. The van der Waals surface area contributed by atoms with Gasteiger partial charge in [-0.2, -0.15) is 0 Å². The maximum Gasteiger partial charge on any atom is 0.372 e. The van der Waals surface area contributed by atoms with Gasteiger partial charge in [0.05, 0.1) is 7.11 Å². The Kier molecular flexibility index (Phi) is 4.24. The molecule has 0 aromatic carbocycles. The molecule has 1 aromatic rings. The zero-order chi connectivity index (χ0) is 13.9. The fourth-order valence-electron chi connectivity index (χ4n) is 1.45. The molecule has 0 atom stereocenters. The number of esters is 1. The number of nitro groups is 1. The predicted octanol–water partition coefficient (Wildman–Crippen LogP) is 1.95. The molecule has 1 heterocycles. The van der Waals surface area contributed by atoms with Crippen molar-refractivity contribution in [2.24, 2.45) is 0 Å². The van der Waals surface area contributed by atoms with Crippen LogP contribution >= 0.6 is 0 Å². The van der Waals surface area contributed by atoms with Gasteiger partial charge in [0.15, 0.2) is 5.69 Å². The lowest BCUT2D eigenvalue weighted by Gasteiger charge is -2.06. The molecule has 0 saturated carbocycles. The number of carbonyl (C=O) groups excluding carboxylic acids is 1. The molecule has 0 spiro atoms. The average Bonchev–Trinajstić information content (AvgIpc) is 2.27. The number of aryl methyl sites for hydroxylation is 1. The Labute approximate surface area is 101 Å². The van der Waals surface area contributed by atoms with Gasteiger partial charge in [-0.25, -0.2) is 8.78 Å². The van der Waals surface area contributed by atoms with Gasteiger partial charge < -0.3 is 14.9 Å². The van der Waals surface area contributed by atoms with E-state index >= 15 is 0 Å². The van der Waals surface area contributed by atoms with Crippen molar-refractivity contribution in [1.82, 2.24) is 4.98 Å². The molecule has 0 aliphatic carbocycles. The van der Waals surface area contributed by atoms with Crippen LogP contribution in [0.15, 0.2) is 6.07 Å². The van der Waals surface area contributed by atoms with Gasteiger partial charge in [-0.3, -0.25) is 4.79 Å². The van der Waals surface area contributed by atoms with Crippen molar-refractivity contribution in [1.29, 1.82) is 0 Å². The topological polar surface area (TPSA) is 82.3 Å². The van der Waals surface area contributed by atoms with Crippen molar-refractivity contribution in [3.8, 4) is 0 Å². The summed E-state index contributed by atoms with van der Waals surface area (Å²) in [6, 6.07) is 1.21. The average molecular weight is 260 g/mol. The number of carbonyl (C=O) groups is 1. The van der Waals surface area contributed by atoms with Gasteiger partial charge >= 0.3 is 11.8 Å². The Morgan fingerprint density at radius 2 is 2.22 bits per heavy atom. The minimum atomic E-state index is -3.00. The highest BCUT2D eigenvalue weighted by atomic mass is 19.3. The van der Waals surface area contributed by atoms with E-state index in [1.54, 1.807) is 0 Å². The second-order valence-electron chi connectivity index (χ2n) is 3.48. The zero-order valence-electron chi connectivity index (χ0n) is 9.65. The van der Waals surface area contributed by atoms with E-state index in [1.807, 2.05) is 0 Å². The SMILES string of the molecule is COC(=O)Cc1cc(C)c(C(F)F)c([N+](=O)[O-])n1. The molecule has 0 N–H and O–H groups in total. The Morgan fingerprint density at radius 1 is 1.61 bits per heavy atom. The number of hydrogen-bond donors (Lipinski definition) is 0. The summed E-state index contributed by atoms with van der Waals surface area (Å²) >= 11 is 0. The van der Waals surface area contributed by atoms with Gasteiger partial charge in [-0.15, -0.1) is 0 Å². The molecule has 98 valence electrons. The van der Waals surface area contributed by atoms with Crippen molar-refractivity contribution in [3.05, 3.63) is 33.0 Å². The lowest BCUT2D eigenvalue weighted by molar-refractivity contribution is -0.391. The molecule has 1 rings (SSSR count). The van der Waals surface area contributed by atoms with Gasteiger partial charge in [0.1, 0.15) is 12.0 Å². The van der Waals surface area contributed by atoms with Crippen LogP contribution in [0.4, 0.5) is 14.6 Å². The number of ether oxygens (including phenoxy) is 1. The van der Waals surface area contributed by atoms with Crippen LogP contribution in [-0.4, -0.2) is 23.0 Å². The summed E-state index contributed by atoms with van der Waals surface area (Å²) in [4.78, 5) is 24.2. The summed E-state index contributed by atoms with van der Waals surface area (Å²) in [7, 11) is 1.15. The highest BCUT2D eigenvalue weighted by Crippen LogP contribution is 2.30. The summed E-state index contributed by atoms with van der Waals surface area (Å²) in [5.74, 6) is -1.58. The van der Waals surface area contributed by atoms with Crippen LogP contribution in [0.1, 0.15) is 23.2 Å². The molecule has 0 radical (unpaired) electrons. The first-order valence-electron chi connectivity index (χ1n) is 4.86. The van der Waals surface area contributed by atoms with Gasteiger partial charge in [0, 0.05) is 0 Å². The standard InChI is InChI=1S/C10H10F2N2O4/c1-5-3-6(4-7(15)18-2)13-10(14(16)17)8(5)9(11)12/h3,9H,4H2,1-2H3. The molecule has 0 bridgehead atoms. The molecule has 0 unspecified atom stereocenters. The maximum absolute atomic E-state index is 12.7. The van der Waals surface area contributed by atoms with Gasteiger partial charge in [-0.1, -0.05) is 0 Å². The number of nitrogens with zero attached hydrogens (tertiary/aromatic N) is 2. The van der Waals surface area contributed by atoms with Crippen LogP contribution in [0.2, 0.25) is 0 Å². The Bertz CT molecular complexity index is 491. The first kappa shape index (κ1) is 13.9. The van der Waals surface area contributed by atoms with Crippen molar-refractivity contribution in [2.45, 2.75) is 19.8 Å². The van der Waals surface area contributed by atoms with Crippen molar-refractivity contribution in [3.63, 3.8) is 0 Å². The van der Waals surface area contributed by atoms with Crippen molar-refractivity contribution < 1.29 is 23.2 Å². The Morgan fingerprint density at radius 3 is 2.67 bits per heavy atom. The van der Waals surface area contributed by atoms with Crippen LogP contribution in [0.3, 0.4) is 0 Å². The molecule has 18 heavy (non-hydrogen) atoms. The largest absolute Gasteiger partial charge is 0.469 e. The Balaban J connectivity index is 3.28. The summed E-state index contributed by atoms with van der Waals surface area (Å²) in [6.07, 6.45) is -3.30. The quantitative estimate of drug-likeness (QED) is 0.469. The summed E-state index contributed by atoms with van der Waals surface area (Å²) in [5.41, 5.74) is -0.685. The molecular formula is C10H10F2N2O4. The van der Waals surface area contributed by atoms with Crippen LogP contribution in [0.25, 0.3) is 0 Å². The van der Waals surface area contributed by atoms with Gasteiger partial charge in [0.25, 0.3) is 6.43 Å². The molecule has 0 saturated heterocycles. The van der Waals surface area contributed by atoms with E-state index in [1.165, 1.54) is 13.0 Å². The van der Waals surface area contributed by atoms with E-state index in [4.69, 9.17) is 0 Å². The third kappa shape index (κ3) is 2.96. The van der Waals surface area contributed by atoms with E-state index in [0.717, 1.165) is 7.11 Å². The smallest absolute Gasteiger partial charge is 0.372 e. The third-order valence-electron chi connectivity index (χ3n) is 2.24. The van der Waals surface area contributed by atoms with E-state index < -0.39 is 28.7 Å². The number of methoxy groups -OCH3 is 1. The van der Waals surface area contributed by atoms with Crippen LogP contribution in [0, 0.1) is 17.0 Å². The monoisotopic (exact) mass is 260 g/mol. The second kappa shape index (κ2) is 5.48. The van der Waals surface area contributed by atoms with Crippen LogP contribution in [0.5, 0.6) is 0 Å². The number of aromatic nitrogens is 1. The summed E-state index contributed by atoms with van der Waals surface area (Å²) in [6.45, 7) is 1.30. The lowest BCUT2D eigenvalue weighted by atomic mass is 10.1. The summed E-state index contributed by atoms with van der Waals surface area (Å²) < 4.78 is 29.7. The maximum atomic E-state index is 12.7. The highest BCUT2D eigenvalue weighted by molar-refractivity contribution is 5.72. The highest BCUT2D eigenvalue weighted by Gasteiger charge is 2.27. The molecule has 0 aliphatic heterocycles. The first-order valence-corrected chi connectivity index (χ1v) is 4.86. The fourth-order valence-corrected chi connectivity index (χ4v) is 1.45. The van der Waals surface area contributed by atoms with Crippen molar-refractivity contribution >= 4 is 11.8 Å². The molecule has 6 nitrogen and oxygen atoms in total. The van der Waals surface area contributed by atoms with Crippen LogP contribution < -0.4 is 0 Å². The van der Waals surface area contributed by atoms with Gasteiger partial charge in [-0.05, 0) is 28.5 Å². The molecule has 0 aliphatic rings. The number of pyridine rings is 1. The first-order chi connectivity index (χ1) is 8.36. The fraction of sp³-hybridized carbons (Fsp3) is 0.400. The lowest BCUT2D eigenvalue weighted by Crippen LogP contribution is -2.10. The predicted molar refractivity (Wildman–Crippen MR) is 56.3 cm³/mol. The minimum absolute atomic E-state index is 0.0191. The summed E-state index contributed by atoms with van der Waals surface area (Å²) in [5, 5.41) is 10.7. The molecule has 1 aromatic heterocycles. The zero-order valence-corrected chi connectivity index (χ0v) is 9.65. The Hall–Kier alpha value is -2.12.